The Bertz CT molecular complexity index is 215. The number of carbonyl (C=O) groups excluding carboxylic acids is 1. The van der Waals surface area contributed by atoms with E-state index in [9.17, 15) is 9.59 Å². The van der Waals surface area contributed by atoms with Gasteiger partial charge in [-0.2, -0.15) is 0 Å². The van der Waals surface area contributed by atoms with Gasteiger partial charge in [-0.15, -0.1) is 0 Å². The molecule has 0 heterocycles. The van der Waals surface area contributed by atoms with Gasteiger partial charge in [-0.25, -0.2) is 0 Å². The van der Waals surface area contributed by atoms with Crippen molar-refractivity contribution in [3.05, 3.63) is 0 Å². The first-order valence-corrected chi connectivity index (χ1v) is 4.57. The third-order valence-corrected chi connectivity index (χ3v) is 2.55. The summed E-state index contributed by atoms with van der Waals surface area (Å²) in [4.78, 5) is 21.4. The smallest absolute Gasteiger partial charge is 0.317 e. The van der Waals surface area contributed by atoms with Crippen LogP contribution in [0.2, 0.25) is 0 Å². The number of carboxylic acids is 1. The Kier molecular flexibility index (Phi) is 3.42. The topological polar surface area (TPSA) is 66.4 Å². The summed E-state index contributed by atoms with van der Waals surface area (Å²) >= 11 is 0. The minimum absolute atomic E-state index is 0.0272. The van der Waals surface area contributed by atoms with E-state index in [1.54, 1.807) is 6.92 Å². The van der Waals surface area contributed by atoms with Gasteiger partial charge in [0.05, 0.1) is 6.54 Å². The fourth-order valence-corrected chi connectivity index (χ4v) is 1.91. The van der Waals surface area contributed by atoms with Crippen molar-refractivity contribution in [2.24, 2.45) is 5.92 Å². The van der Waals surface area contributed by atoms with Crippen molar-refractivity contribution in [3.63, 3.8) is 0 Å². The second kappa shape index (κ2) is 4.37. The molecule has 4 nitrogen and oxygen atoms in total. The van der Waals surface area contributed by atoms with E-state index in [-0.39, 0.29) is 24.3 Å². The van der Waals surface area contributed by atoms with Gasteiger partial charge in [0.1, 0.15) is 5.78 Å². The molecule has 0 aromatic heterocycles. The van der Waals surface area contributed by atoms with Crippen molar-refractivity contribution in [3.8, 4) is 0 Å². The number of Topliss-reactive ketones (excluding diaryl/α,β-unsaturated/α-hetero) is 1. The van der Waals surface area contributed by atoms with Gasteiger partial charge >= 0.3 is 5.97 Å². The molecule has 0 bridgehead atoms. The van der Waals surface area contributed by atoms with Gasteiger partial charge in [0.15, 0.2) is 0 Å². The number of hydrogen-bond acceptors (Lipinski definition) is 3. The van der Waals surface area contributed by atoms with Gasteiger partial charge in [-0.05, 0) is 19.8 Å². The fourth-order valence-electron chi connectivity index (χ4n) is 1.91. The van der Waals surface area contributed by atoms with Gasteiger partial charge in [0.25, 0.3) is 0 Å². The summed E-state index contributed by atoms with van der Waals surface area (Å²) in [6, 6.07) is 0.0774. The lowest BCUT2D eigenvalue weighted by Gasteiger charge is -2.17. The largest absolute Gasteiger partial charge is 0.480 e. The summed E-state index contributed by atoms with van der Waals surface area (Å²) in [5.41, 5.74) is 0. The van der Waals surface area contributed by atoms with Crippen molar-refractivity contribution in [2.75, 3.05) is 6.54 Å². The molecule has 0 spiro atoms. The van der Waals surface area contributed by atoms with E-state index in [1.807, 2.05) is 0 Å². The molecule has 1 aliphatic carbocycles. The molecule has 2 atom stereocenters. The Morgan fingerprint density at radius 3 is 2.69 bits per heavy atom. The van der Waals surface area contributed by atoms with Crippen LogP contribution in [0.4, 0.5) is 0 Å². The van der Waals surface area contributed by atoms with Crippen molar-refractivity contribution < 1.29 is 14.7 Å². The van der Waals surface area contributed by atoms with Crippen molar-refractivity contribution in [2.45, 2.75) is 32.2 Å². The van der Waals surface area contributed by atoms with E-state index in [2.05, 4.69) is 5.32 Å². The normalized spacial score (nSPS) is 27.5. The van der Waals surface area contributed by atoms with E-state index < -0.39 is 5.97 Å². The third-order valence-electron chi connectivity index (χ3n) is 2.55. The molecule has 0 amide bonds. The number of carbonyl (C=O) groups is 2. The Labute approximate surface area is 77.3 Å². The highest BCUT2D eigenvalue weighted by atomic mass is 16.4. The number of hydrogen-bond donors (Lipinski definition) is 2. The summed E-state index contributed by atoms with van der Waals surface area (Å²) in [5.74, 6) is -0.672. The number of ketones is 1. The van der Waals surface area contributed by atoms with E-state index >= 15 is 0 Å². The molecule has 2 N–H and O–H groups in total. The Morgan fingerprint density at radius 1 is 1.46 bits per heavy atom. The highest BCUT2D eigenvalue weighted by Crippen LogP contribution is 2.26. The van der Waals surface area contributed by atoms with Crippen LogP contribution < -0.4 is 5.32 Å². The molecule has 0 aromatic rings. The maximum atomic E-state index is 11.1. The predicted octanol–water partition coefficient (Wildman–Crippen LogP) is 0.418. The van der Waals surface area contributed by atoms with E-state index in [1.165, 1.54) is 0 Å². The molecule has 0 radical (unpaired) electrons. The minimum Gasteiger partial charge on any atom is -0.480 e. The van der Waals surface area contributed by atoms with Crippen LogP contribution in [0.5, 0.6) is 0 Å². The van der Waals surface area contributed by atoms with Crippen LogP contribution in [0, 0.1) is 5.92 Å². The molecule has 4 heteroatoms. The average Bonchev–Trinajstić information content (AvgIpc) is 2.47. The van der Waals surface area contributed by atoms with Gasteiger partial charge < -0.3 is 10.4 Å². The quantitative estimate of drug-likeness (QED) is 0.666. The van der Waals surface area contributed by atoms with Gasteiger partial charge in [0.2, 0.25) is 0 Å². The summed E-state index contributed by atoms with van der Waals surface area (Å²) < 4.78 is 0. The third kappa shape index (κ3) is 2.81. The van der Waals surface area contributed by atoms with E-state index in [4.69, 9.17) is 5.11 Å². The van der Waals surface area contributed by atoms with Crippen LogP contribution in [-0.2, 0) is 9.59 Å². The number of nitrogens with one attached hydrogen (secondary N) is 1. The lowest BCUT2D eigenvalue weighted by Crippen LogP contribution is -2.38. The summed E-state index contributed by atoms with van der Waals surface area (Å²) in [6.07, 6.45) is 2.83. The lowest BCUT2D eigenvalue weighted by atomic mass is 9.99. The minimum atomic E-state index is -0.866. The van der Waals surface area contributed by atoms with Crippen LogP contribution in [0.1, 0.15) is 26.2 Å². The Morgan fingerprint density at radius 2 is 2.15 bits per heavy atom. The first-order valence-electron chi connectivity index (χ1n) is 4.57. The van der Waals surface area contributed by atoms with Crippen LogP contribution in [0.25, 0.3) is 0 Å². The average molecular weight is 185 g/mol. The summed E-state index contributed by atoms with van der Waals surface area (Å²) in [5, 5.41) is 11.3. The molecular formula is C9H15NO3. The predicted molar refractivity (Wildman–Crippen MR) is 47.4 cm³/mol. The van der Waals surface area contributed by atoms with Crippen molar-refractivity contribution >= 4 is 11.8 Å². The standard InChI is InChI=1S/C9H15NO3/c1-6(11)7-3-2-4-8(7)10-5-9(12)13/h7-8,10H,2-5H2,1H3,(H,12,13). The van der Waals surface area contributed by atoms with E-state index in [0.29, 0.717) is 0 Å². The molecule has 0 saturated heterocycles. The summed E-state index contributed by atoms with van der Waals surface area (Å²) in [7, 11) is 0. The first kappa shape index (κ1) is 10.2. The molecule has 0 aromatic carbocycles. The van der Waals surface area contributed by atoms with Crippen LogP contribution >= 0.6 is 0 Å². The molecule has 1 rings (SSSR count). The lowest BCUT2D eigenvalue weighted by molar-refractivity contribution is -0.136. The fraction of sp³-hybridized carbons (Fsp3) is 0.778. The molecule has 13 heavy (non-hydrogen) atoms. The van der Waals surface area contributed by atoms with Crippen molar-refractivity contribution in [1.82, 2.24) is 5.32 Å². The highest BCUT2D eigenvalue weighted by Gasteiger charge is 2.30. The van der Waals surface area contributed by atoms with E-state index in [0.717, 1.165) is 19.3 Å². The Hall–Kier alpha value is -0.900. The molecule has 1 aliphatic rings. The second-order valence-corrected chi connectivity index (χ2v) is 3.53. The molecule has 0 aliphatic heterocycles. The van der Waals surface area contributed by atoms with Crippen molar-refractivity contribution in [1.29, 1.82) is 0 Å². The van der Waals surface area contributed by atoms with Crippen LogP contribution in [0.15, 0.2) is 0 Å². The molecule has 1 fully saturated rings. The van der Waals surface area contributed by atoms with Gasteiger partial charge in [-0.1, -0.05) is 6.42 Å². The van der Waals surface area contributed by atoms with Crippen LogP contribution in [-0.4, -0.2) is 29.4 Å². The highest BCUT2D eigenvalue weighted by molar-refractivity contribution is 5.79. The number of carboxylic acid groups (broad SMARTS) is 1. The molecule has 74 valence electrons. The SMILES string of the molecule is CC(=O)C1CCCC1NCC(=O)O. The maximum Gasteiger partial charge on any atom is 0.317 e. The zero-order valence-corrected chi connectivity index (χ0v) is 7.75. The maximum absolute atomic E-state index is 11.1. The second-order valence-electron chi connectivity index (χ2n) is 3.53. The van der Waals surface area contributed by atoms with Gasteiger partial charge in [0, 0.05) is 12.0 Å². The molecule has 2 unspecified atom stereocenters. The summed E-state index contributed by atoms with van der Waals surface area (Å²) in [6.45, 7) is 1.53. The number of rotatable bonds is 4. The molecular weight excluding hydrogens is 170 g/mol. The zero-order valence-electron chi connectivity index (χ0n) is 7.75. The van der Waals surface area contributed by atoms with Gasteiger partial charge in [-0.3, -0.25) is 9.59 Å². The monoisotopic (exact) mass is 185 g/mol. The molecule has 1 saturated carbocycles. The first-order chi connectivity index (χ1) is 6.11. The van der Waals surface area contributed by atoms with Crippen LogP contribution in [0.3, 0.4) is 0 Å². The Balaban J connectivity index is 2.39. The number of aliphatic carboxylic acids is 1. The zero-order chi connectivity index (χ0) is 9.84.